The summed E-state index contributed by atoms with van der Waals surface area (Å²) >= 11 is 0. The Morgan fingerprint density at radius 3 is 2.43 bits per heavy atom. The highest BCUT2D eigenvalue weighted by atomic mass is 16.5. The fourth-order valence-corrected chi connectivity index (χ4v) is 2.90. The third-order valence-electron chi connectivity index (χ3n) is 3.97. The predicted octanol–water partition coefficient (Wildman–Crippen LogP) is 3.11. The number of benzene rings is 2. The molecule has 1 aliphatic heterocycles. The van der Waals surface area contributed by atoms with E-state index in [1.807, 2.05) is 59.6 Å². The molecule has 0 bridgehead atoms. The quantitative estimate of drug-likeness (QED) is 0.942. The van der Waals surface area contributed by atoms with Crippen LogP contribution in [0.4, 0.5) is 11.4 Å². The molecule has 1 atom stereocenters. The number of hydrogen-bond acceptors (Lipinski definition) is 4. The highest BCUT2D eigenvalue weighted by Gasteiger charge is 2.33. The minimum absolute atomic E-state index is 0.0253. The van der Waals surface area contributed by atoms with Crippen LogP contribution in [0.15, 0.2) is 54.6 Å². The predicted molar refractivity (Wildman–Crippen MR) is 91.3 cm³/mol. The highest BCUT2D eigenvalue weighted by molar-refractivity contribution is 5.77. The molecule has 1 saturated heterocycles. The van der Waals surface area contributed by atoms with Gasteiger partial charge in [0.15, 0.2) is 0 Å². The zero-order valence-electron chi connectivity index (χ0n) is 13.4. The van der Waals surface area contributed by atoms with Crippen molar-refractivity contribution < 1.29 is 9.53 Å². The minimum atomic E-state index is -0.0545. The molecule has 3 rings (SSSR count). The van der Waals surface area contributed by atoms with Crippen LogP contribution >= 0.6 is 0 Å². The molecular formula is C18H21N3O2. The van der Waals surface area contributed by atoms with Crippen molar-refractivity contribution in [3.8, 4) is 5.75 Å². The van der Waals surface area contributed by atoms with E-state index < -0.39 is 0 Å². The van der Waals surface area contributed by atoms with Gasteiger partial charge in [0.25, 0.3) is 0 Å². The molecule has 0 saturated carbocycles. The number of nitrogens with zero attached hydrogens (tertiary/aromatic N) is 2. The molecule has 5 heteroatoms. The van der Waals surface area contributed by atoms with Gasteiger partial charge in [0, 0.05) is 25.6 Å². The van der Waals surface area contributed by atoms with Crippen molar-refractivity contribution in [1.29, 1.82) is 0 Å². The van der Waals surface area contributed by atoms with Gasteiger partial charge in [-0.1, -0.05) is 18.2 Å². The molecule has 1 N–H and O–H groups in total. The Hall–Kier alpha value is -2.69. The van der Waals surface area contributed by atoms with Gasteiger partial charge in [0.1, 0.15) is 11.9 Å². The van der Waals surface area contributed by atoms with Crippen molar-refractivity contribution in [2.75, 3.05) is 24.0 Å². The summed E-state index contributed by atoms with van der Waals surface area (Å²) in [7, 11) is 1.65. The summed E-state index contributed by atoms with van der Waals surface area (Å²) in [6.45, 7) is 2.40. The van der Waals surface area contributed by atoms with E-state index in [9.17, 15) is 4.79 Å². The molecule has 1 fully saturated rings. The second kappa shape index (κ2) is 6.60. The Labute approximate surface area is 136 Å². The molecule has 0 radical (unpaired) electrons. The topological polar surface area (TPSA) is 44.8 Å². The van der Waals surface area contributed by atoms with Crippen molar-refractivity contribution in [1.82, 2.24) is 5.01 Å². The Balaban J connectivity index is 1.78. The zero-order chi connectivity index (χ0) is 16.2. The van der Waals surface area contributed by atoms with Crippen molar-refractivity contribution in [2.45, 2.75) is 19.5 Å². The summed E-state index contributed by atoms with van der Waals surface area (Å²) < 4.78 is 5.17. The molecule has 120 valence electrons. The normalized spacial score (nSPS) is 17.2. The second-order valence-corrected chi connectivity index (χ2v) is 5.50. The lowest BCUT2D eigenvalue weighted by molar-refractivity contribution is -0.129. The number of carbonyl (C=O) groups is 1. The smallest absolute Gasteiger partial charge is 0.239 e. The van der Waals surface area contributed by atoms with Crippen LogP contribution < -0.4 is 15.1 Å². The molecule has 2 aromatic rings. The fourth-order valence-electron chi connectivity index (χ4n) is 2.90. The van der Waals surface area contributed by atoms with Gasteiger partial charge in [0.05, 0.1) is 12.8 Å². The SMILES string of the molecule is COc1ccc(N[C@@H]2CCN(c3ccccc3)N2C(C)=O)cc1. The minimum Gasteiger partial charge on any atom is -0.497 e. The highest BCUT2D eigenvalue weighted by Crippen LogP contribution is 2.27. The van der Waals surface area contributed by atoms with Gasteiger partial charge in [-0.05, 0) is 36.4 Å². The van der Waals surface area contributed by atoms with E-state index in [-0.39, 0.29) is 12.1 Å². The maximum absolute atomic E-state index is 12.2. The molecule has 5 nitrogen and oxygen atoms in total. The number of amides is 1. The first-order valence-electron chi connectivity index (χ1n) is 7.72. The van der Waals surface area contributed by atoms with Gasteiger partial charge in [-0.2, -0.15) is 0 Å². The second-order valence-electron chi connectivity index (χ2n) is 5.50. The van der Waals surface area contributed by atoms with E-state index in [2.05, 4.69) is 5.32 Å². The van der Waals surface area contributed by atoms with E-state index in [0.717, 1.165) is 30.1 Å². The molecule has 1 aliphatic rings. The first kappa shape index (κ1) is 15.2. The number of ether oxygens (including phenoxy) is 1. The maximum Gasteiger partial charge on any atom is 0.239 e. The van der Waals surface area contributed by atoms with Gasteiger partial charge in [-0.3, -0.25) is 9.80 Å². The Kier molecular flexibility index (Phi) is 4.37. The summed E-state index contributed by atoms with van der Waals surface area (Å²) in [4.78, 5) is 12.2. The van der Waals surface area contributed by atoms with Gasteiger partial charge in [-0.15, -0.1) is 0 Å². The van der Waals surface area contributed by atoms with Crippen LogP contribution in [0.25, 0.3) is 0 Å². The molecular weight excluding hydrogens is 290 g/mol. The summed E-state index contributed by atoms with van der Waals surface area (Å²) in [6.07, 6.45) is 0.807. The van der Waals surface area contributed by atoms with E-state index in [0.29, 0.717) is 0 Å². The van der Waals surface area contributed by atoms with E-state index in [4.69, 9.17) is 4.74 Å². The van der Waals surface area contributed by atoms with Crippen molar-refractivity contribution in [3.63, 3.8) is 0 Å². The van der Waals surface area contributed by atoms with Crippen molar-refractivity contribution in [3.05, 3.63) is 54.6 Å². The standard InChI is InChI=1S/C18H21N3O2/c1-14(22)21-18(19-15-8-10-17(23-2)11-9-15)12-13-20(21)16-6-4-3-5-7-16/h3-11,18-19H,12-13H2,1-2H3/t18-/m0/s1. The molecule has 0 aliphatic carbocycles. The zero-order valence-corrected chi connectivity index (χ0v) is 13.4. The Morgan fingerprint density at radius 1 is 1.13 bits per heavy atom. The summed E-state index contributed by atoms with van der Waals surface area (Å²) in [6, 6.07) is 17.7. The number of hydrogen-bond donors (Lipinski definition) is 1. The number of anilines is 2. The van der Waals surface area contributed by atoms with Crippen LogP contribution in [-0.4, -0.2) is 30.7 Å². The summed E-state index contributed by atoms with van der Waals surface area (Å²) in [5.41, 5.74) is 2.00. The molecule has 2 aromatic carbocycles. The van der Waals surface area contributed by atoms with Gasteiger partial charge in [0.2, 0.25) is 5.91 Å². The van der Waals surface area contributed by atoms with Crippen LogP contribution in [0.5, 0.6) is 5.75 Å². The average Bonchev–Trinajstić information content (AvgIpc) is 3.00. The molecule has 1 amide bonds. The van der Waals surface area contributed by atoms with Crippen LogP contribution in [-0.2, 0) is 4.79 Å². The van der Waals surface area contributed by atoms with E-state index >= 15 is 0 Å². The van der Waals surface area contributed by atoms with Crippen LogP contribution in [0.2, 0.25) is 0 Å². The largest absolute Gasteiger partial charge is 0.497 e. The number of nitrogens with one attached hydrogen (secondary N) is 1. The maximum atomic E-state index is 12.2. The number of hydrazine groups is 1. The first-order chi connectivity index (χ1) is 11.2. The molecule has 1 heterocycles. The summed E-state index contributed by atoms with van der Waals surface area (Å²) in [5.74, 6) is 0.841. The Morgan fingerprint density at radius 2 is 1.83 bits per heavy atom. The lowest BCUT2D eigenvalue weighted by Crippen LogP contribution is -2.47. The summed E-state index contributed by atoms with van der Waals surface area (Å²) in [5, 5.41) is 7.25. The molecule has 0 aromatic heterocycles. The van der Waals surface area contributed by atoms with Gasteiger partial charge >= 0.3 is 0 Å². The van der Waals surface area contributed by atoms with Crippen LogP contribution in [0, 0.1) is 0 Å². The van der Waals surface area contributed by atoms with E-state index in [1.54, 1.807) is 19.0 Å². The Bertz CT molecular complexity index is 658. The van der Waals surface area contributed by atoms with E-state index in [1.165, 1.54) is 0 Å². The van der Waals surface area contributed by atoms with Crippen molar-refractivity contribution >= 4 is 17.3 Å². The number of methoxy groups -OCH3 is 1. The molecule has 0 unspecified atom stereocenters. The molecule has 0 spiro atoms. The number of para-hydroxylation sites is 1. The monoisotopic (exact) mass is 311 g/mol. The number of rotatable bonds is 4. The third-order valence-corrected chi connectivity index (χ3v) is 3.97. The first-order valence-corrected chi connectivity index (χ1v) is 7.72. The molecule has 23 heavy (non-hydrogen) atoms. The van der Waals surface area contributed by atoms with Crippen LogP contribution in [0.1, 0.15) is 13.3 Å². The number of carbonyl (C=O) groups excluding carboxylic acids is 1. The lowest BCUT2D eigenvalue weighted by Gasteiger charge is -2.33. The fraction of sp³-hybridized carbons (Fsp3) is 0.278. The van der Waals surface area contributed by atoms with Gasteiger partial charge in [-0.25, -0.2) is 5.01 Å². The average molecular weight is 311 g/mol. The third kappa shape index (κ3) is 3.23. The van der Waals surface area contributed by atoms with Crippen molar-refractivity contribution in [2.24, 2.45) is 0 Å². The lowest BCUT2D eigenvalue weighted by atomic mass is 10.2. The van der Waals surface area contributed by atoms with Gasteiger partial charge < -0.3 is 10.1 Å². The van der Waals surface area contributed by atoms with Crippen LogP contribution in [0.3, 0.4) is 0 Å².